The zero-order valence-electron chi connectivity index (χ0n) is 19.2. The molecule has 2 N–H and O–H groups in total. The van der Waals surface area contributed by atoms with Crippen LogP contribution in [0.2, 0.25) is 0 Å². The third-order valence-electron chi connectivity index (χ3n) is 6.46. The molecule has 0 spiro atoms. The van der Waals surface area contributed by atoms with Crippen LogP contribution < -0.4 is 15.8 Å². The highest BCUT2D eigenvalue weighted by atomic mass is 32.1. The topological polar surface area (TPSA) is 78.1 Å². The minimum Gasteiger partial charge on any atom is -0.356 e. The van der Waals surface area contributed by atoms with Crippen molar-refractivity contribution in [2.75, 3.05) is 24.5 Å². The number of anilines is 1. The van der Waals surface area contributed by atoms with Gasteiger partial charge in [-0.25, -0.2) is 4.98 Å². The first-order chi connectivity index (χ1) is 16.6. The molecule has 0 radical (unpaired) electrons. The molecule has 2 aromatic heterocycles. The summed E-state index contributed by atoms with van der Waals surface area (Å²) >= 11 is 1.43. The molecule has 6 nitrogen and oxygen atoms in total. The molecule has 0 saturated carbocycles. The molecule has 2 aromatic carbocycles. The molecule has 1 fully saturated rings. The maximum absolute atomic E-state index is 12.8. The number of rotatable bonds is 6. The SMILES string of the molecule is Cc1cccc(-c2csc3c(=O)[nH]c(N4CCC(C(=O)NCCc5ccccc5)CC4)nc23)c1. The van der Waals surface area contributed by atoms with Gasteiger partial charge in [0.25, 0.3) is 5.56 Å². The van der Waals surface area contributed by atoms with Gasteiger partial charge in [0, 0.05) is 36.5 Å². The molecule has 3 heterocycles. The molecule has 0 aliphatic carbocycles. The third kappa shape index (κ3) is 4.75. The van der Waals surface area contributed by atoms with Crippen LogP contribution in [0.5, 0.6) is 0 Å². The Hall–Kier alpha value is -3.45. The van der Waals surface area contributed by atoms with Crippen LogP contribution in [0, 0.1) is 12.8 Å². The standard InChI is InChI=1S/C27H28N4O2S/c1-18-6-5-9-21(16-18)22-17-34-24-23(22)29-27(30-26(24)33)31-14-11-20(12-15-31)25(32)28-13-10-19-7-3-2-4-8-19/h2-9,16-17,20H,10-15H2,1H3,(H,28,32)(H,29,30,33). The number of fused-ring (bicyclic) bond motifs is 1. The van der Waals surface area contributed by atoms with Gasteiger partial charge in [-0.15, -0.1) is 11.3 Å². The van der Waals surface area contributed by atoms with E-state index in [0.717, 1.165) is 35.9 Å². The minimum atomic E-state index is -0.107. The molecule has 1 aliphatic rings. The van der Waals surface area contributed by atoms with Crippen molar-refractivity contribution in [3.8, 4) is 11.1 Å². The van der Waals surface area contributed by atoms with Gasteiger partial charge >= 0.3 is 0 Å². The smallest absolute Gasteiger partial charge is 0.270 e. The van der Waals surface area contributed by atoms with Crippen molar-refractivity contribution in [1.82, 2.24) is 15.3 Å². The monoisotopic (exact) mass is 472 g/mol. The second-order valence-electron chi connectivity index (χ2n) is 8.87. The largest absolute Gasteiger partial charge is 0.356 e. The summed E-state index contributed by atoms with van der Waals surface area (Å²) in [5.74, 6) is 0.700. The van der Waals surface area contributed by atoms with E-state index >= 15 is 0 Å². The number of piperidine rings is 1. The molecule has 0 bridgehead atoms. The molecule has 0 atom stereocenters. The normalized spacial score (nSPS) is 14.4. The van der Waals surface area contributed by atoms with Crippen molar-refractivity contribution in [2.45, 2.75) is 26.2 Å². The summed E-state index contributed by atoms with van der Waals surface area (Å²) in [7, 11) is 0. The Bertz CT molecular complexity index is 1350. The predicted molar refractivity (Wildman–Crippen MR) is 139 cm³/mol. The summed E-state index contributed by atoms with van der Waals surface area (Å²) in [5.41, 5.74) is 5.09. The number of carbonyl (C=O) groups is 1. The van der Waals surface area contributed by atoms with Gasteiger partial charge in [-0.2, -0.15) is 0 Å². The second kappa shape index (κ2) is 9.81. The molecule has 1 aliphatic heterocycles. The number of carbonyl (C=O) groups excluding carboxylic acids is 1. The third-order valence-corrected chi connectivity index (χ3v) is 7.43. The first-order valence-electron chi connectivity index (χ1n) is 11.7. The van der Waals surface area contributed by atoms with E-state index in [4.69, 9.17) is 4.98 Å². The van der Waals surface area contributed by atoms with E-state index in [2.05, 4.69) is 52.5 Å². The van der Waals surface area contributed by atoms with E-state index in [9.17, 15) is 9.59 Å². The summed E-state index contributed by atoms with van der Waals surface area (Å²) in [6.07, 6.45) is 2.32. The fourth-order valence-corrected chi connectivity index (χ4v) is 5.46. The average molecular weight is 473 g/mol. The van der Waals surface area contributed by atoms with E-state index < -0.39 is 0 Å². The highest BCUT2D eigenvalue weighted by Gasteiger charge is 2.26. The van der Waals surface area contributed by atoms with Crippen LogP contribution in [0.3, 0.4) is 0 Å². The van der Waals surface area contributed by atoms with E-state index in [1.807, 2.05) is 29.6 Å². The van der Waals surface area contributed by atoms with Crippen LogP contribution in [-0.4, -0.2) is 35.5 Å². The number of thiophene rings is 1. The zero-order valence-corrected chi connectivity index (χ0v) is 20.0. The number of aromatic nitrogens is 2. The lowest BCUT2D eigenvalue weighted by atomic mass is 9.96. The molecule has 7 heteroatoms. The van der Waals surface area contributed by atoms with Gasteiger partial charge in [0.2, 0.25) is 11.9 Å². The fourth-order valence-electron chi connectivity index (χ4n) is 4.56. The van der Waals surface area contributed by atoms with Crippen LogP contribution in [0.15, 0.2) is 64.8 Å². The minimum absolute atomic E-state index is 0.00789. The van der Waals surface area contributed by atoms with Gasteiger partial charge in [-0.3, -0.25) is 14.6 Å². The van der Waals surface area contributed by atoms with Gasteiger partial charge in [0.1, 0.15) is 4.70 Å². The van der Waals surface area contributed by atoms with Crippen molar-refractivity contribution in [2.24, 2.45) is 5.92 Å². The van der Waals surface area contributed by atoms with Crippen molar-refractivity contribution < 1.29 is 4.79 Å². The molecule has 1 saturated heterocycles. The number of aromatic amines is 1. The molecule has 1 amide bonds. The summed E-state index contributed by atoms with van der Waals surface area (Å²) in [6.45, 7) is 4.09. The van der Waals surface area contributed by atoms with E-state index in [1.54, 1.807) is 0 Å². The summed E-state index contributed by atoms with van der Waals surface area (Å²) < 4.78 is 0.646. The van der Waals surface area contributed by atoms with Crippen LogP contribution >= 0.6 is 11.3 Å². The van der Waals surface area contributed by atoms with Gasteiger partial charge in [-0.05, 0) is 37.3 Å². The molecule has 0 unspecified atom stereocenters. The summed E-state index contributed by atoms with van der Waals surface area (Å²) in [5, 5.41) is 5.10. The second-order valence-corrected chi connectivity index (χ2v) is 9.75. The first kappa shape index (κ1) is 22.3. The van der Waals surface area contributed by atoms with Gasteiger partial charge in [-0.1, -0.05) is 60.2 Å². The van der Waals surface area contributed by atoms with E-state index in [-0.39, 0.29) is 17.4 Å². The molecule has 4 aromatic rings. The highest BCUT2D eigenvalue weighted by Crippen LogP contribution is 2.32. The molecule has 34 heavy (non-hydrogen) atoms. The van der Waals surface area contributed by atoms with Crippen LogP contribution in [0.4, 0.5) is 5.95 Å². The van der Waals surface area contributed by atoms with E-state index in [1.165, 1.54) is 22.5 Å². The zero-order chi connectivity index (χ0) is 23.5. The Balaban J connectivity index is 1.25. The van der Waals surface area contributed by atoms with Crippen molar-refractivity contribution in [1.29, 1.82) is 0 Å². The van der Waals surface area contributed by atoms with Crippen LogP contribution in [-0.2, 0) is 11.2 Å². The quantitative estimate of drug-likeness (QED) is 0.432. The molecular weight excluding hydrogens is 444 g/mol. The number of benzene rings is 2. The molecular formula is C27H28N4O2S. The maximum Gasteiger partial charge on any atom is 0.270 e. The maximum atomic E-state index is 12.8. The number of amides is 1. The lowest BCUT2D eigenvalue weighted by Crippen LogP contribution is -2.42. The number of H-pyrrole nitrogens is 1. The molecule has 5 rings (SSSR count). The number of nitrogens with zero attached hydrogens (tertiary/aromatic N) is 2. The Labute approximate surface area is 202 Å². The highest BCUT2D eigenvalue weighted by molar-refractivity contribution is 7.17. The van der Waals surface area contributed by atoms with Gasteiger partial charge in [0.15, 0.2) is 0 Å². The van der Waals surface area contributed by atoms with Crippen molar-refractivity contribution in [3.05, 3.63) is 81.5 Å². The molecule has 174 valence electrons. The van der Waals surface area contributed by atoms with E-state index in [0.29, 0.717) is 30.3 Å². The van der Waals surface area contributed by atoms with Crippen molar-refractivity contribution in [3.63, 3.8) is 0 Å². The van der Waals surface area contributed by atoms with Gasteiger partial charge < -0.3 is 10.2 Å². The predicted octanol–water partition coefficient (Wildman–Crippen LogP) is 4.54. The van der Waals surface area contributed by atoms with Crippen LogP contribution in [0.1, 0.15) is 24.0 Å². The Morgan fingerprint density at radius 3 is 2.71 bits per heavy atom. The number of hydrogen-bond acceptors (Lipinski definition) is 5. The number of aryl methyl sites for hydroxylation is 1. The summed E-state index contributed by atoms with van der Waals surface area (Å²) in [6, 6.07) is 18.4. The number of hydrogen-bond donors (Lipinski definition) is 2. The lowest BCUT2D eigenvalue weighted by molar-refractivity contribution is -0.125. The van der Waals surface area contributed by atoms with Gasteiger partial charge in [0.05, 0.1) is 5.52 Å². The number of nitrogens with one attached hydrogen (secondary N) is 2. The van der Waals surface area contributed by atoms with Crippen molar-refractivity contribution >= 4 is 33.4 Å². The fraction of sp³-hybridized carbons (Fsp3) is 0.296. The average Bonchev–Trinajstić information content (AvgIpc) is 3.29. The first-order valence-corrected chi connectivity index (χ1v) is 12.6. The Morgan fingerprint density at radius 1 is 1.15 bits per heavy atom. The lowest BCUT2D eigenvalue weighted by Gasteiger charge is -2.31. The Kier molecular flexibility index (Phi) is 6.45. The summed E-state index contributed by atoms with van der Waals surface area (Å²) in [4.78, 5) is 35.3. The Morgan fingerprint density at radius 2 is 1.94 bits per heavy atom. The van der Waals surface area contributed by atoms with Crippen LogP contribution in [0.25, 0.3) is 21.3 Å².